The highest BCUT2D eigenvalue weighted by molar-refractivity contribution is 6.09. The molecule has 1 aliphatic heterocycles. The number of carbonyl (C=O) groups excluding carboxylic acids is 4. The number of ether oxygens (including phenoxy) is 1. The van der Waals surface area contributed by atoms with E-state index < -0.39 is 29.7 Å². The van der Waals surface area contributed by atoms with Crippen LogP contribution in [0.1, 0.15) is 29.3 Å². The Labute approximate surface area is 166 Å². The number of anilines is 1. The molecule has 3 rings (SSSR count). The van der Waals surface area contributed by atoms with Crippen LogP contribution < -0.4 is 5.32 Å². The maximum atomic E-state index is 12.9. The topological polar surface area (TPSA) is 92.8 Å². The Kier molecular flexibility index (Phi) is 6.01. The van der Waals surface area contributed by atoms with E-state index in [1.165, 1.54) is 31.2 Å². The molecule has 2 aromatic rings. The molecule has 2 aromatic carbocycles. The summed E-state index contributed by atoms with van der Waals surface area (Å²) >= 11 is 0. The summed E-state index contributed by atoms with van der Waals surface area (Å²) in [6.45, 7) is 1.27. The second-order valence-corrected chi connectivity index (χ2v) is 6.56. The molecule has 3 amide bonds. The van der Waals surface area contributed by atoms with Gasteiger partial charge in [-0.2, -0.15) is 0 Å². The van der Waals surface area contributed by atoms with Gasteiger partial charge in [-0.25, -0.2) is 4.39 Å². The van der Waals surface area contributed by atoms with E-state index in [0.29, 0.717) is 16.8 Å². The van der Waals surface area contributed by atoms with Gasteiger partial charge in [0.25, 0.3) is 11.8 Å². The van der Waals surface area contributed by atoms with Gasteiger partial charge in [0, 0.05) is 17.8 Å². The van der Waals surface area contributed by atoms with Crippen LogP contribution in [0.4, 0.5) is 10.1 Å². The second-order valence-electron chi connectivity index (χ2n) is 6.56. The van der Waals surface area contributed by atoms with Crippen LogP contribution in [0.3, 0.4) is 0 Å². The van der Waals surface area contributed by atoms with Crippen LogP contribution in [0, 0.1) is 5.82 Å². The van der Waals surface area contributed by atoms with Crippen molar-refractivity contribution in [1.29, 1.82) is 0 Å². The molecule has 1 aliphatic rings. The number of imide groups is 1. The highest BCUT2D eigenvalue weighted by atomic mass is 19.1. The lowest BCUT2D eigenvalue weighted by atomic mass is 9.98. The number of benzene rings is 2. The van der Waals surface area contributed by atoms with Crippen LogP contribution in [-0.2, 0) is 25.5 Å². The fraction of sp³-hybridized carbons (Fsp3) is 0.238. The zero-order chi connectivity index (χ0) is 21.0. The summed E-state index contributed by atoms with van der Waals surface area (Å²) in [5.74, 6) is -2.57. The monoisotopic (exact) mass is 398 g/mol. The van der Waals surface area contributed by atoms with Crippen molar-refractivity contribution in [1.82, 2.24) is 4.90 Å². The van der Waals surface area contributed by atoms with E-state index in [2.05, 4.69) is 5.32 Å². The van der Waals surface area contributed by atoms with E-state index in [9.17, 15) is 23.6 Å². The van der Waals surface area contributed by atoms with Crippen molar-refractivity contribution in [3.05, 3.63) is 65.5 Å². The van der Waals surface area contributed by atoms with Crippen molar-refractivity contribution in [3.8, 4) is 0 Å². The Morgan fingerprint density at radius 3 is 2.55 bits per heavy atom. The Morgan fingerprint density at radius 2 is 1.83 bits per heavy atom. The number of carbonyl (C=O) groups is 4. The standard InChI is InChI=1S/C21H19FN2O5/c1-13(20(27)23-16-8-6-15(22)7-9-16)29-19(26)10-11-24-18(25)12-14-4-2-3-5-17(14)21(24)28/h2-9,13H,10-12H2,1H3,(H,23,27)/t13-/m0/s1. The summed E-state index contributed by atoms with van der Waals surface area (Å²) in [5.41, 5.74) is 1.46. The molecule has 7 nitrogen and oxygen atoms in total. The van der Waals surface area contributed by atoms with Gasteiger partial charge in [-0.3, -0.25) is 24.1 Å². The van der Waals surface area contributed by atoms with Gasteiger partial charge in [0.1, 0.15) is 5.82 Å². The predicted octanol–water partition coefficient (Wildman–Crippen LogP) is 2.31. The fourth-order valence-corrected chi connectivity index (χ4v) is 2.92. The number of fused-ring (bicyclic) bond motifs is 1. The molecular weight excluding hydrogens is 379 g/mol. The third-order valence-electron chi connectivity index (χ3n) is 4.46. The Balaban J connectivity index is 1.51. The first kappa shape index (κ1) is 20.2. The lowest BCUT2D eigenvalue weighted by molar-refractivity contribution is -0.153. The van der Waals surface area contributed by atoms with Gasteiger partial charge < -0.3 is 10.1 Å². The number of rotatable bonds is 6. The molecule has 0 bridgehead atoms. The number of hydrogen-bond donors (Lipinski definition) is 1. The van der Waals surface area contributed by atoms with E-state index >= 15 is 0 Å². The van der Waals surface area contributed by atoms with Gasteiger partial charge in [0.05, 0.1) is 12.8 Å². The summed E-state index contributed by atoms with van der Waals surface area (Å²) < 4.78 is 18.0. The third-order valence-corrected chi connectivity index (χ3v) is 4.46. The van der Waals surface area contributed by atoms with E-state index in [1.807, 2.05) is 0 Å². The van der Waals surface area contributed by atoms with E-state index in [1.54, 1.807) is 24.3 Å². The molecule has 150 valence electrons. The van der Waals surface area contributed by atoms with Crippen LogP contribution in [0.25, 0.3) is 0 Å². The van der Waals surface area contributed by atoms with Crippen LogP contribution in [-0.4, -0.2) is 41.2 Å². The van der Waals surface area contributed by atoms with Crippen LogP contribution in [0.2, 0.25) is 0 Å². The largest absolute Gasteiger partial charge is 0.452 e. The molecule has 1 atom stereocenters. The van der Waals surface area contributed by atoms with Gasteiger partial charge in [0.15, 0.2) is 6.10 Å². The normalized spacial score (nSPS) is 14.2. The zero-order valence-corrected chi connectivity index (χ0v) is 15.7. The van der Waals surface area contributed by atoms with E-state index in [-0.39, 0.29) is 25.3 Å². The van der Waals surface area contributed by atoms with Gasteiger partial charge >= 0.3 is 5.97 Å². The van der Waals surface area contributed by atoms with Crippen LogP contribution >= 0.6 is 0 Å². The van der Waals surface area contributed by atoms with Gasteiger partial charge in [-0.05, 0) is 42.8 Å². The Morgan fingerprint density at radius 1 is 1.14 bits per heavy atom. The minimum absolute atomic E-state index is 0.0907. The number of esters is 1. The fourth-order valence-electron chi connectivity index (χ4n) is 2.92. The van der Waals surface area contributed by atoms with Gasteiger partial charge in [-0.1, -0.05) is 18.2 Å². The number of amides is 3. The first-order valence-corrected chi connectivity index (χ1v) is 9.03. The molecule has 0 spiro atoms. The first-order valence-electron chi connectivity index (χ1n) is 9.03. The smallest absolute Gasteiger partial charge is 0.308 e. The van der Waals surface area contributed by atoms with Crippen LogP contribution in [0.15, 0.2) is 48.5 Å². The van der Waals surface area contributed by atoms with E-state index in [0.717, 1.165) is 4.90 Å². The molecule has 0 radical (unpaired) electrons. The molecule has 0 aliphatic carbocycles. The highest BCUT2D eigenvalue weighted by Crippen LogP contribution is 2.20. The molecular formula is C21H19FN2O5. The first-order chi connectivity index (χ1) is 13.8. The molecule has 8 heteroatoms. The minimum atomic E-state index is -1.10. The molecule has 1 heterocycles. The zero-order valence-electron chi connectivity index (χ0n) is 15.7. The molecule has 29 heavy (non-hydrogen) atoms. The molecule has 0 saturated heterocycles. The molecule has 0 unspecified atom stereocenters. The van der Waals surface area contributed by atoms with Crippen molar-refractivity contribution in [2.45, 2.75) is 25.9 Å². The third kappa shape index (κ3) is 4.84. The van der Waals surface area contributed by atoms with Crippen molar-refractivity contribution < 1.29 is 28.3 Å². The predicted molar refractivity (Wildman–Crippen MR) is 101 cm³/mol. The molecule has 0 saturated carbocycles. The molecule has 0 fully saturated rings. The Bertz CT molecular complexity index is 958. The minimum Gasteiger partial charge on any atom is -0.452 e. The van der Waals surface area contributed by atoms with Gasteiger partial charge in [-0.15, -0.1) is 0 Å². The summed E-state index contributed by atoms with van der Waals surface area (Å²) in [4.78, 5) is 49.8. The summed E-state index contributed by atoms with van der Waals surface area (Å²) in [7, 11) is 0. The number of halogens is 1. The van der Waals surface area contributed by atoms with Crippen molar-refractivity contribution in [3.63, 3.8) is 0 Å². The van der Waals surface area contributed by atoms with Crippen molar-refractivity contribution in [2.75, 3.05) is 11.9 Å². The van der Waals surface area contributed by atoms with Gasteiger partial charge in [0.2, 0.25) is 5.91 Å². The number of hydrogen-bond acceptors (Lipinski definition) is 5. The highest BCUT2D eigenvalue weighted by Gasteiger charge is 2.31. The number of nitrogens with one attached hydrogen (secondary N) is 1. The van der Waals surface area contributed by atoms with E-state index in [4.69, 9.17) is 4.74 Å². The summed E-state index contributed by atoms with van der Waals surface area (Å²) in [6.07, 6.45) is -1.23. The van der Waals surface area contributed by atoms with Crippen LogP contribution in [0.5, 0.6) is 0 Å². The molecule has 1 N–H and O–H groups in total. The van der Waals surface area contributed by atoms with Crippen molar-refractivity contribution >= 4 is 29.4 Å². The summed E-state index contributed by atoms with van der Waals surface area (Å²) in [6, 6.07) is 12.0. The lowest BCUT2D eigenvalue weighted by Gasteiger charge is -2.26. The maximum Gasteiger partial charge on any atom is 0.308 e. The SMILES string of the molecule is C[C@H](OC(=O)CCN1C(=O)Cc2ccccc2C1=O)C(=O)Nc1ccc(F)cc1. The quantitative estimate of drug-likeness (QED) is 0.595. The average Bonchev–Trinajstić information content (AvgIpc) is 2.69. The van der Waals surface area contributed by atoms with Crippen molar-refractivity contribution in [2.24, 2.45) is 0 Å². The maximum absolute atomic E-state index is 12.9. The summed E-state index contributed by atoms with van der Waals surface area (Å²) in [5, 5.41) is 2.50. The Hall–Kier alpha value is -3.55. The second kappa shape index (κ2) is 8.64. The number of nitrogens with zero attached hydrogens (tertiary/aromatic N) is 1. The molecule has 0 aromatic heterocycles. The lowest BCUT2D eigenvalue weighted by Crippen LogP contribution is -2.43. The average molecular weight is 398 g/mol.